The van der Waals surface area contributed by atoms with Gasteiger partial charge in [-0.3, -0.25) is 9.48 Å². The van der Waals surface area contributed by atoms with E-state index in [2.05, 4.69) is 68.4 Å². The summed E-state index contributed by atoms with van der Waals surface area (Å²) in [4.78, 5) is 12.6. The third kappa shape index (κ3) is 5.92. The van der Waals surface area contributed by atoms with Gasteiger partial charge in [0.2, 0.25) is 0 Å². The van der Waals surface area contributed by atoms with Gasteiger partial charge in [0.05, 0.1) is 18.4 Å². The maximum absolute atomic E-state index is 12.6. The first-order valence-electron chi connectivity index (χ1n) is 11.0. The van der Waals surface area contributed by atoms with Crippen molar-refractivity contribution in [1.29, 1.82) is 0 Å². The second-order valence-corrected chi connectivity index (χ2v) is 9.20. The molecule has 0 unspecified atom stereocenters. The van der Waals surface area contributed by atoms with Crippen molar-refractivity contribution in [3.8, 4) is 5.75 Å². The highest BCUT2D eigenvalue weighted by Gasteiger charge is 2.15. The molecule has 0 atom stereocenters. The predicted octanol–water partition coefficient (Wildman–Crippen LogP) is 5.96. The van der Waals surface area contributed by atoms with Gasteiger partial charge in [0.1, 0.15) is 18.1 Å². The molecular weight excluding hydrogens is 414 g/mol. The number of furan rings is 1. The second kappa shape index (κ2) is 9.36. The first-order valence-corrected chi connectivity index (χ1v) is 11.0. The van der Waals surface area contributed by atoms with E-state index in [4.69, 9.17) is 9.15 Å². The van der Waals surface area contributed by atoms with Crippen LogP contribution in [0.25, 0.3) is 0 Å². The van der Waals surface area contributed by atoms with Crippen molar-refractivity contribution in [3.63, 3.8) is 0 Å². The number of aryl methyl sites for hydroxylation is 1. The number of carbonyl (C=O) groups excluding carboxylic acids is 1. The van der Waals surface area contributed by atoms with Gasteiger partial charge < -0.3 is 14.5 Å². The zero-order valence-corrected chi connectivity index (χ0v) is 19.5. The van der Waals surface area contributed by atoms with E-state index < -0.39 is 0 Å². The van der Waals surface area contributed by atoms with Gasteiger partial charge in [-0.25, -0.2) is 0 Å². The Balaban J connectivity index is 1.31. The number of nitrogens with one attached hydrogen (secondary N) is 1. The van der Waals surface area contributed by atoms with E-state index in [1.807, 2.05) is 18.2 Å². The third-order valence-corrected chi connectivity index (χ3v) is 5.31. The number of aromatic nitrogens is 2. The zero-order valence-electron chi connectivity index (χ0n) is 19.5. The van der Waals surface area contributed by atoms with E-state index in [0.717, 1.165) is 11.3 Å². The SMILES string of the molecule is Cc1cccc(Cn2cc(NC(=O)c3ccc(COc4ccc(C(C)(C)C)cc4)o3)cn2)c1. The van der Waals surface area contributed by atoms with Crippen LogP contribution in [0.15, 0.2) is 77.5 Å². The number of carbonyl (C=O) groups is 1. The smallest absolute Gasteiger partial charge is 0.291 e. The number of nitrogens with zero attached hydrogens (tertiary/aromatic N) is 2. The molecule has 6 heteroatoms. The predicted molar refractivity (Wildman–Crippen MR) is 129 cm³/mol. The van der Waals surface area contributed by atoms with Crippen molar-refractivity contribution in [2.45, 2.75) is 46.3 Å². The zero-order chi connectivity index (χ0) is 23.4. The summed E-state index contributed by atoms with van der Waals surface area (Å²) in [5.41, 5.74) is 4.31. The van der Waals surface area contributed by atoms with Crippen LogP contribution in [0.3, 0.4) is 0 Å². The average Bonchev–Trinajstić information content (AvgIpc) is 3.42. The van der Waals surface area contributed by atoms with Crippen molar-refractivity contribution in [3.05, 3.63) is 101 Å². The van der Waals surface area contributed by atoms with Gasteiger partial charge in [0.25, 0.3) is 5.91 Å². The van der Waals surface area contributed by atoms with E-state index in [0.29, 0.717) is 18.0 Å². The van der Waals surface area contributed by atoms with Gasteiger partial charge in [0.15, 0.2) is 5.76 Å². The van der Waals surface area contributed by atoms with E-state index in [9.17, 15) is 4.79 Å². The van der Waals surface area contributed by atoms with Crippen LogP contribution in [0, 0.1) is 6.92 Å². The number of rotatable bonds is 7. The van der Waals surface area contributed by atoms with Crippen LogP contribution in [0.5, 0.6) is 5.75 Å². The monoisotopic (exact) mass is 443 g/mol. The lowest BCUT2D eigenvalue weighted by molar-refractivity contribution is 0.0992. The summed E-state index contributed by atoms with van der Waals surface area (Å²) in [6.07, 6.45) is 3.43. The normalized spacial score (nSPS) is 11.4. The molecule has 1 N–H and O–H groups in total. The molecule has 0 aliphatic rings. The van der Waals surface area contributed by atoms with Crippen LogP contribution in [0.1, 0.15) is 53.8 Å². The number of amides is 1. The fraction of sp³-hybridized carbons (Fsp3) is 0.259. The summed E-state index contributed by atoms with van der Waals surface area (Å²) < 4.78 is 13.3. The Bertz CT molecular complexity index is 1230. The van der Waals surface area contributed by atoms with Crippen molar-refractivity contribution >= 4 is 11.6 Å². The fourth-order valence-electron chi connectivity index (χ4n) is 3.49. The maximum atomic E-state index is 12.6. The summed E-state index contributed by atoms with van der Waals surface area (Å²) >= 11 is 0. The van der Waals surface area contributed by atoms with E-state index in [1.165, 1.54) is 11.1 Å². The molecule has 0 bridgehead atoms. The molecule has 0 radical (unpaired) electrons. The van der Waals surface area contributed by atoms with E-state index >= 15 is 0 Å². The fourth-order valence-corrected chi connectivity index (χ4v) is 3.49. The topological polar surface area (TPSA) is 69.3 Å². The lowest BCUT2D eigenvalue weighted by Gasteiger charge is -2.19. The Morgan fingerprint density at radius 3 is 2.61 bits per heavy atom. The standard InChI is InChI=1S/C27H29N3O3/c1-19-6-5-7-20(14-19)16-30-17-22(15-28-30)29-26(31)25-13-12-24(33-25)18-32-23-10-8-21(9-11-23)27(2,3)4/h5-15,17H,16,18H2,1-4H3,(H,29,31). The van der Waals surface area contributed by atoms with Gasteiger partial charge in [-0.1, -0.05) is 62.7 Å². The molecule has 0 saturated carbocycles. The van der Waals surface area contributed by atoms with Gasteiger partial charge >= 0.3 is 0 Å². The summed E-state index contributed by atoms with van der Waals surface area (Å²) in [5.74, 6) is 1.23. The third-order valence-electron chi connectivity index (χ3n) is 5.31. The molecule has 0 aliphatic heterocycles. The molecule has 33 heavy (non-hydrogen) atoms. The van der Waals surface area contributed by atoms with E-state index in [1.54, 1.807) is 29.2 Å². The largest absolute Gasteiger partial charge is 0.486 e. The Morgan fingerprint density at radius 1 is 1.09 bits per heavy atom. The molecule has 0 aliphatic carbocycles. The quantitative estimate of drug-likeness (QED) is 0.382. The molecule has 4 rings (SSSR count). The van der Waals surface area contributed by atoms with Crippen LogP contribution in [-0.4, -0.2) is 15.7 Å². The summed E-state index contributed by atoms with van der Waals surface area (Å²) in [7, 11) is 0. The molecule has 0 fully saturated rings. The Kier molecular flexibility index (Phi) is 6.36. The molecule has 2 aromatic carbocycles. The molecule has 4 aromatic rings. The van der Waals surface area contributed by atoms with Crippen molar-refractivity contribution < 1.29 is 13.9 Å². The molecule has 170 valence electrons. The number of anilines is 1. The summed E-state index contributed by atoms with van der Waals surface area (Å²) in [6.45, 7) is 9.46. The minimum absolute atomic E-state index is 0.0961. The molecule has 2 aromatic heterocycles. The van der Waals surface area contributed by atoms with Crippen molar-refractivity contribution in [1.82, 2.24) is 9.78 Å². The Morgan fingerprint density at radius 2 is 1.88 bits per heavy atom. The number of ether oxygens (including phenoxy) is 1. The highest BCUT2D eigenvalue weighted by Crippen LogP contribution is 2.25. The molecular formula is C27H29N3O3. The second-order valence-electron chi connectivity index (χ2n) is 9.20. The Hall–Kier alpha value is -3.80. The molecule has 0 spiro atoms. The van der Waals surface area contributed by atoms with Crippen LogP contribution < -0.4 is 10.1 Å². The van der Waals surface area contributed by atoms with Crippen LogP contribution in [0.4, 0.5) is 5.69 Å². The van der Waals surface area contributed by atoms with E-state index in [-0.39, 0.29) is 23.7 Å². The maximum Gasteiger partial charge on any atom is 0.291 e. The van der Waals surface area contributed by atoms with Crippen LogP contribution >= 0.6 is 0 Å². The molecule has 0 saturated heterocycles. The van der Waals surface area contributed by atoms with Gasteiger partial charge in [-0.2, -0.15) is 5.10 Å². The van der Waals surface area contributed by atoms with Gasteiger partial charge in [-0.05, 0) is 47.7 Å². The number of hydrogen-bond acceptors (Lipinski definition) is 4. The molecule has 1 amide bonds. The van der Waals surface area contributed by atoms with Crippen LogP contribution in [0.2, 0.25) is 0 Å². The van der Waals surface area contributed by atoms with Crippen LogP contribution in [-0.2, 0) is 18.6 Å². The summed E-state index contributed by atoms with van der Waals surface area (Å²) in [6, 6.07) is 19.7. The van der Waals surface area contributed by atoms with Gasteiger partial charge in [-0.15, -0.1) is 0 Å². The number of benzene rings is 2. The van der Waals surface area contributed by atoms with Crippen molar-refractivity contribution in [2.75, 3.05) is 5.32 Å². The molecule has 6 nitrogen and oxygen atoms in total. The first kappa shape index (κ1) is 22.4. The van der Waals surface area contributed by atoms with Gasteiger partial charge in [0, 0.05) is 6.20 Å². The lowest BCUT2D eigenvalue weighted by atomic mass is 9.87. The highest BCUT2D eigenvalue weighted by atomic mass is 16.5. The Labute approximate surface area is 194 Å². The average molecular weight is 444 g/mol. The molecule has 2 heterocycles. The summed E-state index contributed by atoms with van der Waals surface area (Å²) in [5, 5.41) is 7.15. The first-order chi connectivity index (χ1) is 15.8. The lowest BCUT2D eigenvalue weighted by Crippen LogP contribution is -2.10. The highest BCUT2D eigenvalue weighted by molar-refractivity contribution is 6.02. The van der Waals surface area contributed by atoms with Crippen molar-refractivity contribution in [2.24, 2.45) is 0 Å². The minimum Gasteiger partial charge on any atom is -0.486 e. The number of hydrogen-bond donors (Lipinski definition) is 1. The minimum atomic E-state index is -0.328.